The molecule has 13 nitrogen and oxygen atoms in total. The summed E-state index contributed by atoms with van der Waals surface area (Å²) < 4.78 is 24.7. The molecule has 3 aliphatic carbocycles. The van der Waals surface area contributed by atoms with Gasteiger partial charge in [-0.05, 0) is 58.1 Å². The molecule has 6 aliphatic rings. The van der Waals surface area contributed by atoms with Gasteiger partial charge in [-0.1, -0.05) is 36.5 Å². The SMILES string of the molecule is C/C=C/C=C/C=C/C(=O)O[C@@H]1C=CC[C@H]2C(=NCC[NH+]3CCCCC3)c3c(O)c4c5c(c3O[C@H]12)OCO[C@@H]5C[C@@H]1C(=O)c2cc(C)[nH]c(=O)c2C(=O)[C@]41O. The average molecular weight is 739 g/mol. The molecule has 0 saturated carbocycles. The van der Waals surface area contributed by atoms with E-state index in [1.165, 1.54) is 23.5 Å². The fourth-order valence-electron chi connectivity index (χ4n) is 9.01. The molecule has 0 spiro atoms. The Morgan fingerprint density at radius 1 is 1.11 bits per heavy atom. The molecule has 8 rings (SSSR count). The molecule has 282 valence electrons. The Hall–Kier alpha value is -5.11. The number of phenols is 1. The van der Waals surface area contributed by atoms with Crippen LogP contribution in [0.4, 0.5) is 0 Å². The molecule has 2 aromatic rings. The van der Waals surface area contributed by atoms with E-state index in [-0.39, 0.29) is 47.0 Å². The number of nitrogens with zero attached hydrogens (tertiary/aromatic N) is 1. The number of ketones is 2. The zero-order chi connectivity index (χ0) is 37.7. The van der Waals surface area contributed by atoms with Crippen LogP contribution in [0.25, 0.3) is 0 Å². The van der Waals surface area contributed by atoms with Crippen molar-refractivity contribution in [2.45, 2.75) is 69.9 Å². The number of esters is 1. The van der Waals surface area contributed by atoms with Gasteiger partial charge in [-0.25, -0.2) is 4.79 Å². The quantitative estimate of drug-likeness (QED) is 0.143. The first-order valence-electron chi connectivity index (χ1n) is 18.7. The standard InChI is InChI=1S/C41H43N3O10/c1-3-4-5-6-8-14-28(45)53-26-13-11-12-23-33(42-15-18-44-16-9-7-10-17-44)31-35(47)32-30-27(51-21-52-37(30)38(31)54-36(23)26)20-25-34(46)24-19-22(2)43-40(49)29(24)39(48)41(25,32)50/h3-6,8,11,13-14,19,23,25-27,36,47,50H,7,9-10,12,15-18,20-21H2,1-2H3,(H,43,49)/p+1/b4-3+,6-5+,14-8+,42-33?/t23-,25+,26+,27+,36-,41+/m0/s1. The monoisotopic (exact) mass is 738 g/mol. The normalized spacial score (nSPS) is 29.4. The number of rotatable bonds is 7. The molecule has 0 bridgehead atoms. The summed E-state index contributed by atoms with van der Waals surface area (Å²) in [5, 5.41) is 25.1. The number of Topliss-reactive ketones (excluding diaryl/α,β-unsaturated/α-hetero) is 2. The van der Waals surface area contributed by atoms with Gasteiger partial charge in [0.15, 0.2) is 35.8 Å². The summed E-state index contributed by atoms with van der Waals surface area (Å²) >= 11 is 0. The van der Waals surface area contributed by atoms with Crippen molar-refractivity contribution in [2.24, 2.45) is 16.8 Å². The maximum absolute atomic E-state index is 14.4. The Labute approximate surface area is 311 Å². The maximum Gasteiger partial charge on any atom is 0.331 e. The second-order valence-electron chi connectivity index (χ2n) is 14.8. The molecule has 6 atom stereocenters. The van der Waals surface area contributed by atoms with Gasteiger partial charge >= 0.3 is 5.97 Å². The Morgan fingerprint density at radius 2 is 1.91 bits per heavy atom. The number of hydrogen-bond acceptors (Lipinski definition) is 11. The van der Waals surface area contributed by atoms with Crippen LogP contribution in [0.3, 0.4) is 0 Å². The van der Waals surface area contributed by atoms with Gasteiger partial charge < -0.3 is 39.0 Å². The van der Waals surface area contributed by atoms with Crippen molar-refractivity contribution in [1.29, 1.82) is 0 Å². The minimum atomic E-state index is -2.62. The van der Waals surface area contributed by atoms with E-state index in [4.69, 9.17) is 23.9 Å². The summed E-state index contributed by atoms with van der Waals surface area (Å²) in [4.78, 5) is 63.9. The molecule has 0 amide bonds. The summed E-state index contributed by atoms with van der Waals surface area (Å²) in [6.07, 6.45) is 15.1. The molecule has 0 unspecified atom stereocenters. The number of likely N-dealkylation sites (tertiary alicyclic amines) is 1. The number of carbonyl (C=O) groups excluding carboxylic acids is 3. The van der Waals surface area contributed by atoms with Gasteiger partial charge in [0.25, 0.3) is 5.56 Å². The highest BCUT2D eigenvalue weighted by molar-refractivity contribution is 6.20. The van der Waals surface area contributed by atoms with Crippen molar-refractivity contribution in [3.63, 3.8) is 0 Å². The van der Waals surface area contributed by atoms with Gasteiger partial charge in [-0.2, -0.15) is 0 Å². The molecule has 4 N–H and O–H groups in total. The van der Waals surface area contributed by atoms with E-state index in [1.807, 2.05) is 25.2 Å². The third kappa shape index (κ3) is 5.85. The highest BCUT2D eigenvalue weighted by Crippen LogP contribution is 2.62. The Kier molecular flexibility index (Phi) is 9.49. The first-order valence-corrected chi connectivity index (χ1v) is 18.7. The van der Waals surface area contributed by atoms with Crippen molar-refractivity contribution in [3.05, 3.63) is 98.5 Å². The van der Waals surface area contributed by atoms with E-state index in [0.717, 1.165) is 32.5 Å². The number of aromatic hydroxyl groups is 1. The fraction of sp³-hybridized carbons (Fsp3) is 0.439. The number of pyridine rings is 1. The Morgan fingerprint density at radius 3 is 2.70 bits per heavy atom. The van der Waals surface area contributed by atoms with Crippen LogP contribution in [0, 0.1) is 18.8 Å². The molecule has 0 radical (unpaired) electrons. The summed E-state index contributed by atoms with van der Waals surface area (Å²) in [5.41, 5.74) is -3.07. The number of hydrogen-bond donors (Lipinski definition) is 4. The van der Waals surface area contributed by atoms with Gasteiger partial charge in [0.1, 0.15) is 11.9 Å². The van der Waals surface area contributed by atoms with E-state index in [2.05, 4.69) is 4.98 Å². The molecular weight excluding hydrogens is 694 g/mol. The average Bonchev–Trinajstić information content (AvgIpc) is 3.16. The Bertz CT molecular complexity index is 2120. The number of benzene rings is 1. The molecule has 54 heavy (non-hydrogen) atoms. The lowest BCUT2D eigenvalue weighted by Crippen LogP contribution is -3.13. The van der Waals surface area contributed by atoms with Crippen molar-refractivity contribution < 1.29 is 48.4 Å². The van der Waals surface area contributed by atoms with Gasteiger partial charge in [-0.15, -0.1) is 0 Å². The highest BCUT2D eigenvalue weighted by Gasteiger charge is 2.63. The molecule has 13 heteroatoms. The Balaban J connectivity index is 1.26. The minimum absolute atomic E-state index is 0.0732. The molecule has 1 aromatic heterocycles. The van der Waals surface area contributed by atoms with E-state index in [0.29, 0.717) is 24.4 Å². The zero-order valence-corrected chi connectivity index (χ0v) is 30.3. The van der Waals surface area contributed by atoms with E-state index >= 15 is 0 Å². The maximum atomic E-state index is 14.4. The van der Waals surface area contributed by atoms with E-state index in [9.17, 15) is 29.4 Å². The number of fused-ring (bicyclic) bond motifs is 6. The number of aromatic nitrogens is 1. The lowest BCUT2D eigenvalue weighted by atomic mass is 9.60. The third-order valence-electron chi connectivity index (χ3n) is 11.5. The van der Waals surface area contributed by atoms with Crippen molar-refractivity contribution in [2.75, 3.05) is 33.0 Å². The lowest BCUT2D eigenvalue weighted by molar-refractivity contribution is -0.903. The topological polar surface area (TPSA) is 178 Å². The largest absolute Gasteiger partial charge is 0.507 e. The number of aliphatic hydroxyl groups is 1. The van der Waals surface area contributed by atoms with Crippen molar-refractivity contribution in [1.82, 2.24) is 4.98 Å². The third-order valence-corrected chi connectivity index (χ3v) is 11.5. The van der Waals surface area contributed by atoms with Crippen LogP contribution in [-0.4, -0.2) is 83.6 Å². The number of allylic oxidation sites excluding steroid dienone is 6. The minimum Gasteiger partial charge on any atom is -0.507 e. The van der Waals surface area contributed by atoms with Crippen LogP contribution < -0.4 is 19.9 Å². The number of quaternary nitrogens is 1. The predicted octanol–water partition coefficient (Wildman–Crippen LogP) is 2.88. The van der Waals surface area contributed by atoms with E-state index < -0.39 is 70.2 Å². The summed E-state index contributed by atoms with van der Waals surface area (Å²) in [6.45, 7) is 6.50. The number of nitrogens with one attached hydrogen (secondary N) is 2. The number of aliphatic imine (C=N–C) groups is 1. The number of aromatic amines is 1. The highest BCUT2D eigenvalue weighted by atomic mass is 16.7. The van der Waals surface area contributed by atoms with Gasteiger partial charge in [0, 0.05) is 34.4 Å². The van der Waals surface area contributed by atoms with Gasteiger partial charge in [-0.3, -0.25) is 19.4 Å². The molecule has 1 saturated heterocycles. The van der Waals surface area contributed by atoms with Gasteiger partial charge in [0.2, 0.25) is 5.78 Å². The van der Waals surface area contributed by atoms with Crippen LogP contribution in [0.15, 0.2) is 64.5 Å². The summed E-state index contributed by atoms with van der Waals surface area (Å²) in [5.74, 6) is -4.26. The second-order valence-corrected chi connectivity index (χ2v) is 14.8. The number of piperidine rings is 1. The number of carbonyl (C=O) groups is 3. The van der Waals surface area contributed by atoms with Crippen LogP contribution in [0.2, 0.25) is 0 Å². The summed E-state index contributed by atoms with van der Waals surface area (Å²) in [7, 11) is 0. The number of aryl methyl sites for hydroxylation is 1. The first kappa shape index (κ1) is 35.9. The number of H-pyrrole nitrogens is 1. The fourth-order valence-corrected chi connectivity index (χ4v) is 9.01. The van der Waals surface area contributed by atoms with Crippen LogP contribution in [0.1, 0.15) is 88.2 Å². The first-order chi connectivity index (χ1) is 26.1. The van der Waals surface area contributed by atoms with Crippen molar-refractivity contribution >= 4 is 23.2 Å². The van der Waals surface area contributed by atoms with Crippen LogP contribution in [-0.2, 0) is 19.9 Å². The number of phenolic OH excluding ortho intramolecular Hbond substituents is 1. The number of ether oxygens (including phenoxy) is 4. The molecule has 4 heterocycles. The summed E-state index contributed by atoms with van der Waals surface area (Å²) in [6, 6.07) is 1.44. The smallest absolute Gasteiger partial charge is 0.331 e. The van der Waals surface area contributed by atoms with Crippen LogP contribution in [0.5, 0.6) is 17.2 Å². The molecule has 1 fully saturated rings. The van der Waals surface area contributed by atoms with Crippen molar-refractivity contribution in [3.8, 4) is 17.2 Å². The lowest BCUT2D eigenvalue weighted by Gasteiger charge is -2.48. The zero-order valence-electron chi connectivity index (χ0n) is 30.3. The van der Waals surface area contributed by atoms with Gasteiger partial charge in [0.05, 0.1) is 55.0 Å². The predicted molar refractivity (Wildman–Crippen MR) is 195 cm³/mol. The molecular formula is C41H44N3O10+. The van der Waals surface area contributed by atoms with E-state index in [1.54, 1.807) is 31.2 Å². The van der Waals surface area contributed by atoms with Crippen LogP contribution >= 0.6 is 0 Å². The second kappa shape index (κ2) is 14.3. The molecule has 3 aliphatic heterocycles. The molecule has 1 aromatic carbocycles.